The number of carboxylic acid groups (broad SMARTS) is 1. The number of nitrogens with zero attached hydrogens (tertiary/aromatic N) is 3. The molecule has 1 fully saturated rings. The van der Waals surface area contributed by atoms with Crippen LogP contribution in [-0.2, 0) is 6.54 Å². The van der Waals surface area contributed by atoms with E-state index in [4.69, 9.17) is 0 Å². The minimum Gasteiger partial charge on any atom is -0.503 e. The predicted molar refractivity (Wildman–Crippen MR) is 120 cm³/mol. The summed E-state index contributed by atoms with van der Waals surface area (Å²) in [4.78, 5) is 41.1. The lowest BCUT2D eigenvalue weighted by molar-refractivity contribution is -0.0239. The van der Waals surface area contributed by atoms with Crippen LogP contribution in [0.15, 0.2) is 71.7 Å². The molecule has 2 aliphatic rings. The van der Waals surface area contributed by atoms with Crippen molar-refractivity contribution in [2.75, 3.05) is 13.1 Å². The standard InChI is InChI=1S/C25H23N3O5/c29-22-18(25(32)33)14-26-15-19-27(12-7-13-28(19)24(31)21(26)23(22)30)20(16-8-3-1-4-9-16)17-10-5-2-6-11-17/h1-6,8-11,14,19-20,30H,7,12-13,15H2,(H,32,33). The first-order valence-electron chi connectivity index (χ1n) is 10.8. The van der Waals surface area contributed by atoms with E-state index in [0.29, 0.717) is 6.54 Å². The van der Waals surface area contributed by atoms with Crippen LogP contribution in [-0.4, -0.2) is 55.7 Å². The highest BCUT2D eigenvalue weighted by molar-refractivity contribution is 5.97. The maximum absolute atomic E-state index is 13.4. The summed E-state index contributed by atoms with van der Waals surface area (Å²) in [5.41, 5.74) is 0.415. The topological polar surface area (TPSA) is 103 Å². The molecule has 168 valence electrons. The number of aromatic hydroxyl groups is 1. The monoisotopic (exact) mass is 445 g/mol. The fraction of sp³-hybridized carbons (Fsp3) is 0.240. The van der Waals surface area contributed by atoms with Crippen molar-refractivity contribution < 1.29 is 19.8 Å². The summed E-state index contributed by atoms with van der Waals surface area (Å²) in [5, 5.41) is 19.8. The Kier molecular flexibility index (Phi) is 5.22. The molecule has 0 aliphatic carbocycles. The fourth-order valence-corrected chi connectivity index (χ4v) is 4.97. The van der Waals surface area contributed by atoms with E-state index in [1.165, 1.54) is 10.8 Å². The van der Waals surface area contributed by atoms with Crippen LogP contribution in [0, 0.1) is 0 Å². The van der Waals surface area contributed by atoms with Crippen molar-refractivity contribution in [2.24, 2.45) is 0 Å². The molecule has 3 heterocycles. The van der Waals surface area contributed by atoms with Crippen molar-refractivity contribution >= 4 is 11.9 Å². The Morgan fingerprint density at radius 2 is 1.55 bits per heavy atom. The molecule has 0 radical (unpaired) electrons. The zero-order valence-corrected chi connectivity index (χ0v) is 17.8. The van der Waals surface area contributed by atoms with Crippen LogP contribution in [0.5, 0.6) is 5.75 Å². The highest BCUT2D eigenvalue weighted by Crippen LogP contribution is 2.36. The number of carbonyl (C=O) groups is 2. The second-order valence-corrected chi connectivity index (χ2v) is 8.32. The zero-order chi connectivity index (χ0) is 23.1. The Labute approximate surface area is 189 Å². The van der Waals surface area contributed by atoms with Gasteiger partial charge < -0.3 is 19.7 Å². The van der Waals surface area contributed by atoms with Crippen LogP contribution in [0.3, 0.4) is 0 Å². The van der Waals surface area contributed by atoms with Gasteiger partial charge in [-0.1, -0.05) is 60.7 Å². The largest absolute Gasteiger partial charge is 0.503 e. The maximum Gasteiger partial charge on any atom is 0.341 e. The number of aromatic nitrogens is 1. The van der Waals surface area contributed by atoms with E-state index < -0.39 is 28.6 Å². The molecule has 8 heteroatoms. The first kappa shape index (κ1) is 21.0. The first-order chi connectivity index (χ1) is 16.0. The zero-order valence-electron chi connectivity index (χ0n) is 17.8. The summed E-state index contributed by atoms with van der Waals surface area (Å²) in [6.45, 7) is 1.46. The summed E-state index contributed by atoms with van der Waals surface area (Å²) in [6, 6.07) is 19.9. The van der Waals surface area contributed by atoms with Gasteiger partial charge in [-0.15, -0.1) is 0 Å². The van der Waals surface area contributed by atoms with Gasteiger partial charge in [-0.05, 0) is 17.5 Å². The average Bonchev–Trinajstić information content (AvgIpc) is 2.83. The molecule has 1 atom stereocenters. The van der Waals surface area contributed by atoms with Crippen LogP contribution in [0.4, 0.5) is 0 Å². The van der Waals surface area contributed by atoms with Crippen LogP contribution in [0.2, 0.25) is 0 Å². The molecule has 0 bridgehead atoms. The van der Waals surface area contributed by atoms with Crippen molar-refractivity contribution in [1.82, 2.24) is 14.4 Å². The molecular weight excluding hydrogens is 422 g/mol. The summed E-state index contributed by atoms with van der Waals surface area (Å²) in [6.07, 6.45) is 1.53. The van der Waals surface area contributed by atoms with Crippen molar-refractivity contribution in [2.45, 2.75) is 25.2 Å². The van der Waals surface area contributed by atoms with Crippen LogP contribution < -0.4 is 5.43 Å². The molecule has 2 N–H and O–H groups in total. The van der Waals surface area contributed by atoms with Gasteiger partial charge in [0.15, 0.2) is 11.4 Å². The van der Waals surface area contributed by atoms with E-state index in [0.717, 1.165) is 24.1 Å². The van der Waals surface area contributed by atoms with E-state index in [-0.39, 0.29) is 24.4 Å². The second kappa shape index (κ2) is 8.22. The number of benzene rings is 2. The van der Waals surface area contributed by atoms with Crippen LogP contribution in [0.1, 0.15) is 44.4 Å². The number of rotatable bonds is 4. The fourth-order valence-electron chi connectivity index (χ4n) is 4.97. The molecule has 1 unspecified atom stereocenters. The van der Waals surface area contributed by atoms with E-state index in [2.05, 4.69) is 29.2 Å². The molecular formula is C25H23N3O5. The summed E-state index contributed by atoms with van der Waals surface area (Å²) in [5.74, 6) is -2.71. The van der Waals surface area contributed by atoms with Gasteiger partial charge in [-0.2, -0.15) is 0 Å². The Morgan fingerprint density at radius 3 is 2.12 bits per heavy atom. The lowest BCUT2D eigenvalue weighted by Gasteiger charge is -2.50. The third kappa shape index (κ3) is 3.48. The molecule has 1 saturated heterocycles. The Bertz CT molecular complexity index is 1230. The molecule has 2 aromatic carbocycles. The van der Waals surface area contributed by atoms with Crippen molar-refractivity contribution in [3.8, 4) is 5.75 Å². The number of carboxylic acids is 1. The van der Waals surface area contributed by atoms with E-state index in [1.807, 2.05) is 36.4 Å². The van der Waals surface area contributed by atoms with Crippen molar-refractivity contribution in [1.29, 1.82) is 0 Å². The number of pyridine rings is 1. The molecule has 3 aromatic rings. The number of amides is 1. The summed E-state index contributed by atoms with van der Waals surface area (Å²) < 4.78 is 1.41. The SMILES string of the molecule is O=C(O)c1cn2c(c(O)c1=O)C(=O)N1CCCN(C(c3ccccc3)c3ccccc3)C1C2. The lowest BCUT2D eigenvalue weighted by atomic mass is 9.94. The first-order valence-corrected chi connectivity index (χ1v) is 10.8. The van der Waals surface area contributed by atoms with Gasteiger partial charge in [-0.3, -0.25) is 14.5 Å². The number of aromatic carboxylic acids is 1. The Hall–Kier alpha value is -3.91. The predicted octanol–water partition coefficient (Wildman–Crippen LogP) is 2.53. The molecule has 2 aliphatic heterocycles. The van der Waals surface area contributed by atoms with Gasteiger partial charge in [0.2, 0.25) is 5.43 Å². The third-order valence-corrected chi connectivity index (χ3v) is 6.43. The molecule has 1 amide bonds. The molecule has 5 rings (SSSR count). The third-order valence-electron chi connectivity index (χ3n) is 6.43. The van der Waals surface area contributed by atoms with Gasteiger partial charge in [-0.25, -0.2) is 4.79 Å². The van der Waals surface area contributed by atoms with Crippen LogP contribution in [0.25, 0.3) is 0 Å². The molecule has 8 nitrogen and oxygen atoms in total. The van der Waals surface area contributed by atoms with Crippen molar-refractivity contribution in [3.63, 3.8) is 0 Å². The number of hydrogen-bond acceptors (Lipinski definition) is 5. The van der Waals surface area contributed by atoms with Gasteiger partial charge in [0.1, 0.15) is 11.7 Å². The Balaban J connectivity index is 1.63. The quantitative estimate of drug-likeness (QED) is 0.640. The number of carbonyl (C=O) groups excluding carboxylic acids is 1. The number of hydrogen-bond donors (Lipinski definition) is 2. The minimum atomic E-state index is -1.44. The highest BCUT2D eigenvalue weighted by Gasteiger charge is 2.43. The summed E-state index contributed by atoms with van der Waals surface area (Å²) in [7, 11) is 0. The maximum atomic E-state index is 13.4. The molecule has 33 heavy (non-hydrogen) atoms. The van der Waals surface area contributed by atoms with Gasteiger partial charge >= 0.3 is 5.97 Å². The Morgan fingerprint density at radius 1 is 0.939 bits per heavy atom. The van der Waals surface area contributed by atoms with Gasteiger partial charge in [0.05, 0.1) is 12.6 Å². The second-order valence-electron chi connectivity index (χ2n) is 8.32. The highest BCUT2D eigenvalue weighted by atomic mass is 16.4. The van der Waals surface area contributed by atoms with E-state index in [9.17, 15) is 24.6 Å². The van der Waals surface area contributed by atoms with E-state index >= 15 is 0 Å². The molecule has 0 saturated carbocycles. The molecule has 1 aromatic heterocycles. The normalized spacial score (nSPS) is 18.2. The number of fused-ring (bicyclic) bond motifs is 2. The minimum absolute atomic E-state index is 0.124. The summed E-state index contributed by atoms with van der Waals surface area (Å²) >= 11 is 0. The van der Waals surface area contributed by atoms with Gasteiger partial charge in [0.25, 0.3) is 5.91 Å². The smallest absolute Gasteiger partial charge is 0.341 e. The van der Waals surface area contributed by atoms with Gasteiger partial charge in [0, 0.05) is 19.3 Å². The van der Waals surface area contributed by atoms with E-state index in [1.54, 1.807) is 4.90 Å². The van der Waals surface area contributed by atoms with Crippen LogP contribution >= 0.6 is 0 Å². The average molecular weight is 445 g/mol. The van der Waals surface area contributed by atoms with Crippen molar-refractivity contribution in [3.05, 3.63) is 99.5 Å². The lowest BCUT2D eigenvalue weighted by Crippen LogP contribution is -2.61. The molecule has 0 spiro atoms.